The van der Waals surface area contributed by atoms with Gasteiger partial charge in [0.15, 0.2) is 0 Å². The lowest BCUT2D eigenvalue weighted by Gasteiger charge is -2.32. The van der Waals surface area contributed by atoms with Gasteiger partial charge in [-0.1, -0.05) is 74.4 Å². The van der Waals surface area contributed by atoms with Gasteiger partial charge in [0, 0.05) is 15.4 Å². The molecular weight excluding hydrogens is 400 g/mol. The smallest absolute Gasteiger partial charge is 0.0942 e. The lowest BCUT2D eigenvalue weighted by molar-refractivity contribution is 0.550. The molecule has 0 spiro atoms. The van der Waals surface area contributed by atoms with Gasteiger partial charge in [-0.25, -0.2) is 9.19 Å². The van der Waals surface area contributed by atoms with Crippen LogP contribution in [0.1, 0.15) is 84.7 Å². The van der Waals surface area contributed by atoms with Gasteiger partial charge < -0.3 is 0 Å². The Kier molecular flexibility index (Phi) is 6.52. The minimum Gasteiger partial charge on any atom is -0.249 e. The van der Waals surface area contributed by atoms with Crippen LogP contribution < -0.4 is 5.04 Å². The van der Waals surface area contributed by atoms with E-state index in [0.717, 1.165) is 19.7 Å². The molecule has 1 aromatic carbocycles. The number of aryl methyl sites for hydroxylation is 2. The van der Waals surface area contributed by atoms with E-state index in [4.69, 9.17) is 16.6 Å². The van der Waals surface area contributed by atoms with Gasteiger partial charge in [-0.15, -0.1) is 0 Å². The molecule has 0 radical (unpaired) electrons. The van der Waals surface area contributed by atoms with E-state index >= 15 is 0 Å². The fourth-order valence-corrected chi connectivity index (χ4v) is 6.38. The monoisotopic (exact) mass is 435 g/mol. The molecule has 6 heteroatoms. The summed E-state index contributed by atoms with van der Waals surface area (Å²) in [5.41, 5.74) is 6.13. The van der Waals surface area contributed by atoms with Gasteiger partial charge in [0.05, 0.1) is 22.9 Å². The van der Waals surface area contributed by atoms with E-state index in [1.165, 1.54) is 21.7 Å². The Hall–Kier alpha value is -0.820. The quantitative estimate of drug-likeness (QED) is 0.464. The largest absolute Gasteiger partial charge is 0.249 e. The standard InChI is InChI=1S/C22H35N3P2S/c1-14-19(26-25(11)23-14)27(28)24-18-16(21(5,6)7)12-15(20(2,3)4)13-17(18)22(8,9)10/h12-13H,1-11H3. The van der Waals surface area contributed by atoms with Crippen molar-refractivity contribution in [3.8, 4) is 0 Å². The summed E-state index contributed by atoms with van der Waals surface area (Å²) in [5.74, 6) is 0. The summed E-state index contributed by atoms with van der Waals surface area (Å²) < 4.78 is 7.14. The van der Waals surface area contributed by atoms with Crippen molar-refractivity contribution in [3.05, 3.63) is 34.5 Å². The Labute approximate surface area is 178 Å². The maximum Gasteiger partial charge on any atom is 0.0942 e. The highest BCUT2D eigenvalue weighted by Gasteiger charge is 2.29. The molecule has 2 aromatic rings. The second-order valence-electron chi connectivity index (χ2n) is 10.6. The zero-order valence-electron chi connectivity index (χ0n) is 19.3. The minimum atomic E-state index is -1.05. The molecule has 0 N–H and O–H groups in total. The Morgan fingerprint density at radius 3 is 1.71 bits per heavy atom. The average Bonchev–Trinajstić information content (AvgIpc) is 2.82. The van der Waals surface area contributed by atoms with Crippen molar-refractivity contribution in [2.24, 2.45) is 11.8 Å². The van der Waals surface area contributed by atoms with Gasteiger partial charge in [0.25, 0.3) is 0 Å². The minimum absolute atomic E-state index is 0.0103. The van der Waals surface area contributed by atoms with Gasteiger partial charge in [-0.2, -0.15) is 5.10 Å². The predicted molar refractivity (Wildman–Crippen MR) is 129 cm³/mol. The van der Waals surface area contributed by atoms with Gasteiger partial charge in [-0.05, 0) is 51.7 Å². The molecule has 0 aliphatic heterocycles. The molecule has 1 aromatic heterocycles. The van der Waals surface area contributed by atoms with Crippen LogP contribution in [0, 0.1) is 6.92 Å². The van der Waals surface area contributed by atoms with Crippen LogP contribution in [0.4, 0.5) is 5.69 Å². The maximum absolute atomic E-state index is 5.93. The number of hydrogen-bond acceptors (Lipinski definition) is 3. The van der Waals surface area contributed by atoms with E-state index in [2.05, 4.69) is 79.5 Å². The average molecular weight is 436 g/mol. The summed E-state index contributed by atoms with van der Waals surface area (Å²) in [6.45, 7) is 21.5. The first-order valence-electron chi connectivity index (χ1n) is 9.78. The van der Waals surface area contributed by atoms with Crippen LogP contribution in [0.5, 0.6) is 0 Å². The molecule has 2 rings (SSSR count). The van der Waals surface area contributed by atoms with E-state index < -0.39 is 6.49 Å². The molecule has 0 aliphatic carbocycles. The highest BCUT2D eigenvalue weighted by atomic mass is 32.4. The fourth-order valence-electron chi connectivity index (χ4n) is 3.13. The summed E-state index contributed by atoms with van der Waals surface area (Å²) >= 11 is 5.93. The van der Waals surface area contributed by atoms with Gasteiger partial charge in [0.1, 0.15) is 0 Å². The second kappa shape index (κ2) is 7.78. The molecule has 3 nitrogen and oxygen atoms in total. The lowest BCUT2D eigenvalue weighted by Crippen LogP contribution is -2.21. The van der Waals surface area contributed by atoms with Crippen molar-refractivity contribution in [1.29, 1.82) is 0 Å². The Bertz CT molecular complexity index is 926. The van der Waals surface area contributed by atoms with E-state index in [1.54, 1.807) is 0 Å². The number of aromatic nitrogens is 2. The summed E-state index contributed by atoms with van der Waals surface area (Å²) in [6, 6.07) is 4.72. The molecular formula is C22H35N3P2S. The molecule has 0 saturated carbocycles. The number of rotatable bonds is 2. The maximum atomic E-state index is 5.93. The topological polar surface area (TPSA) is 30.2 Å². The SMILES string of the molecule is Cc1nn(C)pc1P(=S)=Nc1c(C(C)(C)C)cc(C(C)(C)C)cc1C(C)(C)C. The van der Waals surface area contributed by atoms with Gasteiger partial charge in [0.2, 0.25) is 0 Å². The highest BCUT2D eigenvalue weighted by Crippen LogP contribution is 2.44. The number of benzene rings is 1. The molecule has 154 valence electrons. The third kappa shape index (κ3) is 5.21. The molecule has 1 heterocycles. The molecule has 28 heavy (non-hydrogen) atoms. The van der Waals surface area contributed by atoms with Crippen molar-refractivity contribution < 1.29 is 0 Å². The second-order valence-corrected chi connectivity index (χ2v) is 14.5. The highest BCUT2D eigenvalue weighted by molar-refractivity contribution is 8.05. The van der Waals surface area contributed by atoms with Crippen molar-refractivity contribution in [3.63, 3.8) is 0 Å². The molecule has 0 fully saturated rings. The van der Waals surface area contributed by atoms with Gasteiger partial charge in [-0.3, -0.25) is 0 Å². The Balaban J connectivity index is 2.90. The van der Waals surface area contributed by atoms with Crippen LogP contribution >= 0.6 is 14.8 Å². The summed E-state index contributed by atoms with van der Waals surface area (Å²) in [7, 11) is 3.05. The van der Waals surface area contributed by atoms with Crippen LogP contribution in [0.2, 0.25) is 0 Å². The number of nitrogens with zero attached hydrogens (tertiary/aromatic N) is 3. The first-order valence-corrected chi connectivity index (χ1v) is 12.9. The fraction of sp³-hybridized carbons (Fsp3) is 0.636. The van der Waals surface area contributed by atoms with Crippen molar-refractivity contribution in [2.75, 3.05) is 0 Å². The van der Waals surface area contributed by atoms with Crippen molar-refractivity contribution >= 4 is 37.4 Å². The van der Waals surface area contributed by atoms with Crippen LogP contribution in [0.15, 0.2) is 16.9 Å². The van der Waals surface area contributed by atoms with Crippen molar-refractivity contribution in [2.45, 2.75) is 85.5 Å². The van der Waals surface area contributed by atoms with Crippen LogP contribution in [0.3, 0.4) is 0 Å². The summed E-state index contributed by atoms with van der Waals surface area (Å²) in [4.78, 5) is 0. The molecule has 0 aliphatic rings. The zero-order valence-corrected chi connectivity index (χ0v) is 21.9. The molecule has 1 unspecified atom stereocenters. The van der Waals surface area contributed by atoms with Gasteiger partial charge >= 0.3 is 0 Å². The third-order valence-corrected chi connectivity index (χ3v) is 8.82. The zero-order chi connectivity index (χ0) is 21.7. The van der Waals surface area contributed by atoms with Crippen LogP contribution in [-0.4, -0.2) is 9.54 Å². The molecule has 0 bridgehead atoms. The van der Waals surface area contributed by atoms with E-state index in [0.29, 0.717) is 0 Å². The Morgan fingerprint density at radius 1 is 0.929 bits per heavy atom. The third-order valence-electron chi connectivity index (χ3n) is 4.82. The van der Waals surface area contributed by atoms with Crippen LogP contribution in [-0.2, 0) is 35.1 Å². The summed E-state index contributed by atoms with van der Waals surface area (Å²) in [5, 5.41) is 5.69. The number of hydrogen-bond donors (Lipinski definition) is 0. The molecule has 0 saturated heterocycles. The first-order chi connectivity index (χ1) is 12.5. The normalized spacial score (nSPS) is 14.2. The lowest BCUT2D eigenvalue weighted by atomic mass is 9.74. The first kappa shape index (κ1) is 23.5. The summed E-state index contributed by atoms with van der Waals surface area (Å²) in [6.07, 6.45) is 0. The molecule has 0 amide bonds. The molecule has 1 atom stereocenters. The van der Waals surface area contributed by atoms with E-state index in [9.17, 15) is 0 Å². The van der Waals surface area contributed by atoms with Crippen LogP contribution in [0.25, 0.3) is 0 Å². The van der Waals surface area contributed by atoms with E-state index in [-0.39, 0.29) is 16.2 Å². The Morgan fingerprint density at radius 2 is 1.39 bits per heavy atom. The predicted octanol–water partition coefficient (Wildman–Crippen LogP) is 7.29. The van der Waals surface area contributed by atoms with E-state index in [1.807, 2.05) is 18.4 Å². The van der Waals surface area contributed by atoms with Crippen molar-refractivity contribution in [1.82, 2.24) is 9.54 Å².